The van der Waals surface area contributed by atoms with Crippen LogP contribution in [-0.2, 0) is 14.8 Å². The molecule has 0 saturated heterocycles. The van der Waals surface area contributed by atoms with Crippen molar-refractivity contribution in [1.82, 2.24) is 4.72 Å². The molecule has 2 aromatic carbocycles. The van der Waals surface area contributed by atoms with Crippen molar-refractivity contribution in [3.63, 3.8) is 0 Å². The molecule has 0 aliphatic heterocycles. The maximum Gasteiger partial charge on any atom is 0.322 e. The monoisotopic (exact) mass is 362 g/mol. The molecule has 1 heterocycles. The Morgan fingerprint density at radius 1 is 1.12 bits per heavy atom. The Labute approximate surface area is 144 Å². The molecule has 0 radical (unpaired) electrons. The maximum atomic E-state index is 12.5. The van der Waals surface area contributed by atoms with Gasteiger partial charge in [-0.25, -0.2) is 8.42 Å². The first-order valence-electron chi connectivity index (χ1n) is 7.66. The Morgan fingerprint density at radius 3 is 2.48 bits per heavy atom. The maximum absolute atomic E-state index is 12.5. The molecule has 1 aromatic heterocycles. The number of rotatable bonds is 5. The minimum Gasteiger partial charge on any atom is -0.480 e. The highest BCUT2D eigenvalue weighted by Gasteiger charge is 2.28. The summed E-state index contributed by atoms with van der Waals surface area (Å²) in [5, 5.41) is 10.7. The SMILES string of the molecule is CC(C)[C@@H](NS(=O)(=O)c1ccc2c(c1)oc1ccc(N)cc12)C(=O)O. The number of aliphatic carboxylic acids is 1. The second-order valence-electron chi connectivity index (χ2n) is 6.20. The number of anilines is 1. The number of hydrogen-bond acceptors (Lipinski definition) is 5. The summed E-state index contributed by atoms with van der Waals surface area (Å²) in [6, 6.07) is 8.39. The predicted molar refractivity (Wildman–Crippen MR) is 94.7 cm³/mol. The number of sulfonamides is 1. The number of carbonyl (C=O) groups is 1. The van der Waals surface area contributed by atoms with Gasteiger partial charge in [-0.15, -0.1) is 0 Å². The number of fused-ring (bicyclic) bond motifs is 3. The van der Waals surface area contributed by atoms with E-state index < -0.39 is 28.0 Å². The van der Waals surface area contributed by atoms with E-state index in [4.69, 9.17) is 10.2 Å². The summed E-state index contributed by atoms with van der Waals surface area (Å²) in [5.74, 6) is -1.62. The molecule has 8 heteroatoms. The van der Waals surface area contributed by atoms with Crippen LogP contribution in [0.25, 0.3) is 21.9 Å². The number of hydrogen-bond donors (Lipinski definition) is 3. The summed E-state index contributed by atoms with van der Waals surface area (Å²) < 4.78 is 33.0. The largest absolute Gasteiger partial charge is 0.480 e. The van der Waals surface area contributed by atoms with Crippen molar-refractivity contribution >= 4 is 43.6 Å². The first-order valence-corrected chi connectivity index (χ1v) is 9.14. The summed E-state index contributed by atoms with van der Waals surface area (Å²) in [4.78, 5) is 11.2. The van der Waals surface area contributed by atoms with Crippen molar-refractivity contribution in [2.45, 2.75) is 24.8 Å². The second-order valence-corrected chi connectivity index (χ2v) is 7.91. The summed E-state index contributed by atoms with van der Waals surface area (Å²) in [7, 11) is -4.00. The lowest BCUT2D eigenvalue weighted by Crippen LogP contribution is -2.44. The number of nitrogens with one attached hydrogen (secondary N) is 1. The van der Waals surface area contributed by atoms with Gasteiger partial charge in [0.25, 0.3) is 0 Å². The summed E-state index contributed by atoms with van der Waals surface area (Å²) >= 11 is 0. The molecule has 0 aliphatic carbocycles. The first-order chi connectivity index (χ1) is 11.7. The van der Waals surface area contributed by atoms with Crippen LogP contribution >= 0.6 is 0 Å². The second kappa shape index (κ2) is 6.05. The molecule has 3 rings (SSSR count). The number of carboxylic acids is 1. The van der Waals surface area contributed by atoms with Crippen LogP contribution in [0.15, 0.2) is 45.7 Å². The standard InChI is InChI=1S/C17H18N2O5S/c1-9(2)16(17(20)21)19-25(22,23)11-4-5-12-13-7-10(18)3-6-14(13)24-15(12)8-11/h3-9,16,19H,18H2,1-2H3,(H,20,21)/t16-/m1/s1. The predicted octanol–water partition coefficient (Wildman–Crippen LogP) is 2.56. The molecule has 1 atom stereocenters. The lowest BCUT2D eigenvalue weighted by atomic mass is 10.1. The average molecular weight is 362 g/mol. The molecule has 0 unspecified atom stereocenters. The van der Waals surface area contributed by atoms with Gasteiger partial charge in [0.2, 0.25) is 10.0 Å². The highest BCUT2D eigenvalue weighted by Crippen LogP contribution is 2.31. The van der Waals surface area contributed by atoms with Crippen molar-refractivity contribution in [2.75, 3.05) is 5.73 Å². The van der Waals surface area contributed by atoms with Gasteiger partial charge in [-0.05, 0) is 36.2 Å². The van der Waals surface area contributed by atoms with Crippen LogP contribution < -0.4 is 10.5 Å². The summed E-state index contributed by atoms with van der Waals surface area (Å²) in [5.41, 5.74) is 7.34. The van der Waals surface area contributed by atoms with Gasteiger partial charge >= 0.3 is 5.97 Å². The molecule has 0 aliphatic rings. The van der Waals surface area contributed by atoms with E-state index in [2.05, 4.69) is 4.72 Å². The van der Waals surface area contributed by atoms with E-state index in [9.17, 15) is 18.3 Å². The van der Waals surface area contributed by atoms with Crippen LogP contribution in [0.1, 0.15) is 13.8 Å². The molecule has 4 N–H and O–H groups in total. The number of benzene rings is 2. The van der Waals surface area contributed by atoms with Crippen molar-refractivity contribution in [3.8, 4) is 0 Å². The average Bonchev–Trinajstić information content (AvgIpc) is 2.89. The number of furan rings is 1. The molecule has 25 heavy (non-hydrogen) atoms. The Hall–Kier alpha value is -2.58. The van der Waals surface area contributed by atoms with Crippen molar-refractivity contribution in [2.24, 2.45) is 5.92 Å². The smallest absolute Gasteiger partial charge is 0.322 e. The topological polar surface area (TPSA) is 123 Å². The van der Waals surface area contributed by atoms with E-state index in [0.29, 0.717) is 16.9 Å². The minimum absolute atomic E-state index is 0.0565. The van der Waals surface area contributed by atoms with Gasteiger partial charge in [-0.1, -0.05) is 13.8 Å². The van der Waals surface area contributed by atoms with Gasteiger partial charge in [0.1, 0.15) is 17.2 Å². The van der Waals surface area contributed by atoms with Crippen molar-refractivity contribution < 1.29 is 22.7 Å². The third-order valence-corrected chi connectivity index (χ3v) is 5.43. The Morgan fingerprint density at radius 2 is 1.84 bits per heavy atom. The van der Waals surface area contributed by atoms with Crippen LogP contribution in [0.2, 0.25) is 0 Å². The Bertz CT molecular complexity index is 1070. The van der Waals surface area contributed by atoms with E-state index in [1.54, 1.807) is 38.1 Å². The number of nitrogen functional groups attached to an aromatic ring is 1. The fourth-order valence-corrected chi connectivity index (χ4v) is 4.00. The number of nitrogens with two attached hydrogens (primary N) is 1. The first kappa shape index (κ1) is 17.2. The Kier molecular flexibility index (Phi) is 4.18. The molecule has 7 nitrogen and oxygen atoms in total. The zero-order chi connectivity index (χ0) is 18.4. The van der Waals surface area contributed by atoms with Crippen LogP contribution in [0.4, 0.5) is 5.69 Å². The third kappa shape index (κ3) is 3.18. The summed E-state index contributed by atoms with van der Waals surface area (Å²) in [6.45, 7) is 3.27. The van der Waals surface area contributed by atoms with Crippen LogP contribution in [0, 0.1) is 5.92 Å². The van der Waals surface area contributed by atoms with Gasteiger partial charge in [-0.3, -0.25) is 4.79 Å². The van der Waals surface area contributed by atoms with E-state index in [1.807, 2.05) is 0 Å². The van der Waals surface area contributed by atoms with E-state index in [-0.39, 0.29) is 4.90 Å². The molecular weight excluding hydrogens is 344 g/mol. The number of carboxylic acid groups (broad SMARTS) is 1. The third-order valence-electron chi connectivity index (χ3n) is 3.99. The van der Waals surface area contributed by atoms with Crippen LogP contribution in [-0.4, -0.2) is 25.5 Å². The van der Waals surface area contributed by atoms with Crippen LogP contribution in [0.3, 0.4) is 0 Å². The molecule has 0 fully saturated rings. The minimum atomic E-state index is -4.00. The van der Waals surface area contributed by atoms with Gasteiger partial charge in [0, 0.05) is 22.5 Å². The fourth-order valence-electron chi connectivity index (χ4n) is 2.65. The Balaban J connectivity index is 2.06. The molecular formula is C17H18N2O5S. The fraction of sp³-hybridized carbons (Fsp3) is 0.235. The van der Waals surface area contributed by atoms with E-state index in [1.165, 1.54) is 12.1 Å². The van der Waals surface area contributed by atoms with Gasteiger partial charge in [0.05, 0.1) is 4.90 Å². The van der Waals surface area contributed by atoms with E-state index in [0.717, 1.165) is 10.8 Å². The molecule has 0 saturated carbocycles. The van der Waals surface area contributed by atoms with Crippen molar-refractivity contribution in [1.29, 1.82) is 0 Å². The molecule has 3 aromatic rings. The quantitative estimate of drug-likeness (QED) is 0.600. The lowest BCUT2D eigenvalue weighted by molar-refractivity contribution is -0.140. The van der Waals surface area contributed by atoms with Gasteiger partial charge < -0.3 is 15.3 Å². The zero-order valence-corrected chi connectivity index (χ0v) is 14.5. The van der Waals surface area contributed by atoms with Crippen molar-refractivity contribution in [3.05, 3.63) is 36.4 Å². The normalized spacial score (nSPS) is 13.6. The summed E-state index contributed by atoms with van der Waals surface area (Å²) in [6.07, 6.45) is 0. The van der Waals surface area contributed by atoms with Gasteiger partial charge in [-0.2, -0.15) is 4.72 Å². The molecule has 0 amide bonds. The highest BCUT2D eigenvalue weighted by atomic mass is 32.2. The molecule has 0 spiro atoms. The molecule has 0 bridgehead atoms. The van der Waals surface area contributed by atoms with E-state index >= 15 is 0 Å². The van der Waals surface area contributed by atoms with Gasteiger partial charge in [0.15, 0.2) is 0 Å². The zero-order valence-electron chi connectivity index (χ0n) is 13.7. The highest BCUT2D eigenvalue weighted by molar-refractivity contribution is 7.89. The molecule has 132 valence electrons. The lowest BCUT2D eigenvalue weighted by Gasteiger charge is -2.17. The van der Waals surface area contributed by atoms with Crippen LogP contribution in [0.5, 0.6) is 0 Å².